The molecule has 0 unspecified atom stereocenters. The van der Waals surface area contributed by atoms with Crippen LogP contribution in [-0.2, 0) is 0 Å². The standard InChI is InChI=1S/C10H11NOS.C7H7NO/c1-8(13-2)6-10(12)9-4-3-5-11-7-9;1-6(9)7-3-2-4-8-5-7/h3-7H,1-2H3;2-5H,1H3/b8-6-;. The molecule has 0 radical (unpaired) electrons. The van der Waals surface area contributed by atoms with Gasteiger partial charge >= 0.3 is 0 Å². The lowest BCUT2D eigenvalue weighted by atomic mass is 10.2. The second-order valence-electron chi connectivity index (χ2n) is 4.36. The molecule has 4 nitrogen and oxygen atoms in total. The number of carbonyl (C=O) groups is 2. The Bertz CT molecular complexity index is 640. The number of carbonyl (C=O) groups excluding carboxylic acids is 2. The van der Waals surface area contributed by atoms with Crippen molar-refractivity contribution in [2.75, 3.05) is 6.26 Å². The van der Waals surface area contributed by atoms with Crippen molar-refractivity contribution in [3.8, 4) is 0 Å². The number of thioether (sulfide) groups is 1. The van der Waals surface area contributed by atoms with Gasteiger partial charge in [-0.15, -0.1) is 11.8 Å². The summed E-state index contributed by atoms with van der Waals surface area (Å²) in [5, 5.41) is 0. The van der Waals surface area contributed by atoms with E-state index in [4.69, 9.17) is 0 Å². The van der Waals surface area contributed by atoms with E-state index in [1.807, 2.05) is 13.2 Å². The fourth-order valence-corrected chi connectivity index (χ4v) is 1.63. The Morgan fingerprint density at radius 1 is 1.00 bits per heavy atom. The van der Waals surface area contributed by atoms with Crippen LogP contribution >= 0.6 is 11.8 Å². The number of pyridine rings is 2. The zero-order chi connectivity index (χ0) is 16.4. The van der Waals surface area contributed by atoms with Crippen molar-refractivity contribution < 1.29 is 9.59 Å². The number of ketones is 2. The summed E-state index contributed by atoms with van der Waals surface area (Å²) in [7, 11) is 0. The Kier molecular flexibility index (Phi) is 7.78. The van der Waals surface area contributed by atoms with Gasteiger partial charge in [-0.25, -0.2) is 0 Å². The molecule has 2 rings (SSSR count). The molecule has 2 aromatic rings. The van der Waals surface area contributed by atoms with Gasteiger partial charge in [-0.1, -0.05) is 0 Å². The number of allylic oxidation sites excluding steroid dienone is 2. The minimum atomic E-state index is 0.0138. The molecule has 0 fully saturated rings. The number of nitrogens with zero attached hydrogens (tertiary/aromatic N) is 2. The van der Waals surface area contributed by atoms with Crippen molar-refractivity contribution in [2.45, 2.75) is 13.8 Å². The van der Waals surface area contributed by atoms with Crippen LogP contribution in [0.15, 0.2) is 60.0 Å². The van der Waals surface area contributed by atoms with Gasteiger partial charge in [-0.2, -0.15) is 0 Å². The third kappa shape index (κ3) is 6.45. The largest absolute Gasteiger partial charge is 0.294 e. The van der Waals surface area contributed by atoms with Crippen LogP contribution in [-0.4, -0.2) is 27.8 Å². The van der Waals surface area contributed by atoms with Crippen molar-refractivity contribution in [2.24, 2.45) is 0 Å². The van der Waals surface area contributed by atoms with Crippen LogP contribution in [0.3, 0.4) is 0 Å². The van der Waals surface area contributed by atoms with Gasteiger partial charge < -0.3 is 0 Å². The number of hydrogen-bond donors (Lipinski definition) is 0. The van der Waals surface area contributed by atoms with Crippen LogP contribution in [0, 0.1) is 0 Å². The lowest BCUT2D eigenvalue weighted by Crippen LogP contribution is -1.94. The third-order valence-electron chi connectivity index (χ3n) is 2.67. The van der Waals surface area contributed by atoms with Crippen LogP contribution in [0.4, 0.5) is 0 Å². The normalized spacial score (nSPS) is 10.4. The Labute approximate surface area is 134 Å². The topological polar surface area (TPSA) is 59.9 Å². The first-order chi connectivity index (χ1) is 10.5. The fourth-order valence-electron chi connectivity index (χ4n) is 1.41. The van der Waals surface area contributed by atoms with E-state index in [9.17, 15) is 9.59 Å². The molecule has 2 aromatic heterocycles. The summed E-state index contributed by atoms with van der Waals surface area (Å²) >= 11 is 1.57. The van der Waals surface area contributed by atoms with Crippen molar-refractivity contribution in [1.82, 2.24) is 9.97 Å². The smallest absolute Gasteiger partial charge is 0.188 e. The molecule has 0 N–H and O–H groups in total. The summed E-state index contributed by atoms with van der Waals surface area (Å²) in [6, 6.07) is 7.01. The lowest BCUT2D eigenvalue weighted by molar-refractivity contribution is 0.101. The van der Waals surface area contributed by atoms with Crippen LogP contribution in [0.5, 0.6) is 0 Å². The monoisotopic (exact) mass is 314 g/mol. The van der Waals surface area contributed by atoms with Gasteiger partial charge in [0.2, 0.25) is 0 Å². The molecule has 0 aliphatic heterocycles. The minimum Gasteiger partial charge on any atom is -0.294 e. The highest BCUT2D eigenvalue weighted by atomic mass is 32.2. The molecular weight excluding hydrogens is 296 g/mol. The maximum Gasteiger partial charge on any atom is 0.188 e. The molecule has 0 aliphatic rings. The summed E-state index contributed by atoms with van der Waals surface area (Å²) in [6.45, 7) is 3.44. The first-order valence-corrected chi connectivity index (χ1v) is 7.84. The summed E-state index contributed by atoms with van der Waals surface area (Å²) in [5.41, 5.74) is 1.30. The highest BCUT2D eigenvalue weighted by Gasteiger charge is 2.01. The average molecular weight is 314 g/mol. The second-order valence-corrected chi connectivity index (χ2v) is 5.42. The quantitative estimate of drug-likeness (QED) is 0.634. The zero-order valence-electron chi connectivity index (χ0n) is 12.8. The molecule has 0 aromatic carbocycles. The number of aromatic nitrogens is 2. The SMILES string of the molecule is CC(=O)c1cccnc1.CS/C(C)=C\C(=O)c1cccnc1. The molecule has 2 heterocycles. The number of hydrogen-bond acceptors (Lipinski definition) is 5. The highest BCUT2D eigenvalue weighted by molar-refractivity contribution is 8.02. The van der Waals surface area contributed by atoms with Gasteiger partial charge in [0.1, 0.15) is 0 Å². The molecule has 114 valence electrons. The van der Waals surface area contributed by atoms with Gasteiger partial charge in [0, 0.05) is 35.9 Å². The lowest BCUT2D eigenvalue weighted by Gasteiger charge is -1.95. The van der Waals surface area contributed by atoms with E-state index in [-0.39, 0.29) is 11.6 Å². The predicted molar refractivity (Wildman–Crippen MR) is 90.1 cm³/mol. The maximum atomic E-state index is 11.5. The molecule has 22 heavy (non-hydrogen) atoms. The summed E-state index contributed by atoms with van der Waals surface area (Å²) in [4.78, 5) is 30.8. The fraction of sp³-hybridized carbons (Fsp3) is 0.176. The van der Waals surface area contributed by atoms with Crippen molar-refractivity contribution in [3.05, 3.63) is 71.2 Å². The molecule has 0 spiro atoms. The molecule has 0 aliphatic carbocycles. The van der Waals surface area contributed by atoms with Crippen LogP contribution in [0.2, 0.25) is 0 Å². The maximum absolute atomic E-state index is 11.5. The Morgan fingerprint density at radius 2 is 1.55 bits per heavy atom. The van der Waals surface area contributed by atoms with Crippen LogP contribution in [0.1, 0.15) is 34.6 Å². The molecule has 0 bridgehead atoms. The van der Waals surface area contributed by atoms with E-state index in [0.717, 1.165) is 4.91 Å². The Hall–Kier alpha value is -2.27. The highest BCUT2D eigenvalue weighted by Crippen LogP contribution is 2.11. The Balaban J connectivity index is 0.000000235. The summed E-state index contributed by atoms with van der Waals surface area (Å²) < 4.78 is 0. The van der Waals surface area contributed by atoms with Gasteiger partial charge in [-0.3, -0.25) is 19.6 Å². The molecule has 5 heteroatoms. The zero-order valence-corrected chi connectivity index (χ0v) is 13.6. The van der Waals surface area contributed by atoms with Crippen LogP contribution in [0.25, 0.3) is 0 Å². The predicted octanol–water partition coefficient (Wildman–Crippen LogP) is 3.82. The van der Waals surface area contributed by atoms with Crippen molar-refractivity contribution in [1.29, 1.82) is 0 Å². The van der Waals surface area contributed by atoms with Gasteiger partial charge in [0.15, 0.2) is 11.6 Å². The van der Waals surface area contributed by atoms with E-state index in [2.05, 4.69) is 9.97 Å². The summed E-state index contributed by atoms with van der Waals surface area (Å²) in [5.74, 6) is 0.0723. The van der Waals surface area contributed by atoms with Crippen LogP contribution < -0.4 is 0 Å². The molecule has 0 atom stereocenters. The van der Waals surface area contributed by atoms with Gasteiger partial charge in [-0.05, 0) is 55.3 Å². The van der Waals surface area contributed by atoms with E-state index >= 15 is 0 Å². The third-order valence-corrected chi connectivity index (χ3v) is 3.43. The van der Waals surface area contributed by atoms with Gasteiger partial charge in [0.25, 0.3) is 0 Å². The Morgan fingerprint density at radius 3 is 1.91 bits per heavy atom. The number of Topliss-reactive ketones (excluding diaryl/α,β-unsaturated/α-hetero) is 1. The number of rotatable bonds is 4. The molecule has 0 saturated carbocycles. The first-order valence-electron chi connectivity index (χ1n) is 6.62. The van der Waals surface area contributed by atoms with Gasteiger partial charge in [0.05, 0.1) is 0 Å². The van der Waals surface area contributed by atoms with E-state index < -0.39 is 0 Å². The molecule has 0 amide bonds. The van der Waals surface area contributed by atoms with E-state index in [1.165, 1.54) is 6.92 Å². The van der Waals surface area contributed by atoms with E-state index in [1.54, 1.807) is 66.9 Å². The van der Waals surface area contributed by atoms with Crippen molar-refractivity contribution in [3.63, 3.8) is 0 Å². The average Bonchev–Trinajstić information content (AvgIpc) is 2.57. The minimum absolute atomic E-state index is 0.0138. The second kappa shape index (κ2) is 9.63. The van der Waals surface area contributed by atoms with Crippen molar-refractivity contribution >= 4 is 23.3 Å². The first kappa shape index (κ1) is 17.8. The molecular formula is C17H18N2O2S. The molecule has 0 saturated heterocycles. The summed E-state index contributed by atoms with van der Waals surface area (Å²) in [6.07, 6.45) is 10.0. The van der Waals surface area contributed by atoms with E-state index in [0.29, 0.717) is 11.1 Å².